The van der Waals surface area contributed by atoms with Crippen LogP contribution in [0.4, 0.5) is 11.4 Å². The minimum Gasteiger partial charge on any atom is -0.389 e. The van der Waals surface area contributed by atoms with Crippen LogP contribution >= 0.6 is 11.3 Å². The van der Waals surface area contributed by atoms with Gasteiger partial charge in [0.2, 0.25) is 0 Å². The van der Waals surface area contributed by atoms with E-state index < -0.39 is 6.10 Å². The molecule has 1 atom stereocenters. The number of nitrogens with one attached hydrogen (secondary N) is 2. The summed E-state index contributed by atoms with van der Waals surface area (Å²) < 4.78 is 5.13. The Morgan fingerprint density at radius 3 is 2.70 bits per heavy atom. The normalized spacial score (nSPS) is 15.5. The van der Waals surface area contributed by atoms with Gasteiger partial charge in [-0.05, 0) is 43.3 Å². The molecule has 7 nitrogen and oxygen atoms in total. The van der Waals surface area contributed by atoms with Crippen LogP contribution in [-0.4, -0.2) is 55.9 Å². The summed E-state index contributed by atoms with van der Waals surface area (Å²) in [7, 11) is 0. The Bertz CT molecular complexity index is 791. The highest BCUT2D eigenvalue weighted by Gasteiger charge is 2.19. The van der Waals surface area contributed by atoms with Crippen LogP contribution in [-0.2, 0) is 9.53 Å². The van der Waals surface area contributed by atoms with E-state index in [9.17, 15) is 14.7 Å². The molecule has 2 heterocycles. The van der Waals surface area contributed by atoms with E-state index in [0.717, 1.165) is 16.3 Å². The molecule has 2 aromatic rings. The van der Waals surface area contributed by atoms with Crippen molar-refractivity contribution in [2.24, 2.45) is 0 Å². The summed E-state index contributed by atoms with van der Waals surface area (Å²) in [4.78, 5) is 27.2. The van der Waals surface area contributed by atoms with Gasteiger partial charge < -0.3 is 25.4 Å². The van der Waals surface area contributed by atoms with Gasteiger partial charge in [0.15, 0.2) is 0 Å². The molecule has 0 bridgehead atoms. The van der Waals surface area contributed by atoms with Crippen LogP contribution in [0.15, 0.2) is 36.4 Å². The third-order valence-corrected chi connectivity index (χ3v) is 5.17. The molecule has 3 N–H and O–H groups in total. The highest BCUT2D eigenvalue weighted by Crippen LogP contribution is 2.19. The maximum Gasteiger partial charge on any atom is 0.261 e. The van der Waals surface area contributed by atoms with E-state index in [-0.39, 0.29) is 25.0 Å². The average Bonchev–Trinajstić information content (AvgIpc) is 3.12. The van der Waals surface area contributed by atoms with Gasteiger partial charge in [0.1, 0.15) is 6.61 Å². The molecular formula is C19H23N3O4S. The van der Waals surface area contributed by atoms with Gasteiger partial charge in [0.25, 0.3) is 11.8 Å². The third kappa shape index (κ3) is 5.29. The predicted octanol–water partition coefficient (Wildman–Crippen LogP) is 1.62. The first-order valence-electron chi connectivity index (χ1n) is 8.77. The molecule has 1 aliphatic rings. The number of hydrogen-bond donors (Lipinski definition) is 3. The van der Waals surface area contributed by atoms with Crippen molar-refractivity contribution in [2.75, 3.05) is 43.1 Å². The maximum atomic E-state index is 12.0. The summed E-state index contributed by atoms with van der Waals surface area (Å²) in [6.07, 6.45) is -0.712. The van der Waals surface area contributed by atoms with Gasteiger partial charge in [-0.15, -0.1) is 11.3 Å². The second-order valence-electron chi connectivity index (χ2n) is 6.30. The van der Waals surface area contributed by atoms with E-state index in [0.29, 0.717) is 24.6 Å². The molecule has 1 aromatic carbocycles. The van der Waals surface area contributed by atoms with Crippen molar-refractivity contribution in [3.8, 4) is 0 Å². The summed E-state index contributed by atoms with van der Waals surface area (Å²) in [6.45, 7) is 3.62. The van der Waals surface area contributed by atoms with Crippen LogP contribution in [0.5, 0.6) is 0 Å². The van der Waals surface area contributed by atoms with Crippen LogP contribution in [0.1, 0.15) is 14.5 Å². The first kappa shape index (κ1) is 19.3. The highest BCUT2D eigenvalue weighted by molar-refractivity contribution is 7.13. The van der Waals surface area contributed by atoms with Crippen LogP contribution < -0.4 is 15.5 Å². The summed E-state index contributed by atoms with van der Waals surface area (Å²) in [5.74, 6) is -0.222. The molecule has 8 heteroatoms. The number of benzene rings is 1. The number of aryl methyl sites for hydroxylation is 1. The number of nitrogens with zero attached hydrogens (tertiary/aromatic N) is 1. The van der Waals surface area contributed by atoms with Crippen molar-refractivity contribution in [3.63, 3.8) is 0 Å². The van der Waals surface area contributed by atoms with Gasteiger partial charge in [0, 0.05) is 35.9 Å². The lowest BCUT2D eigenvalue weighted by Gasteiger charge is -2.27. The van der Waals surface area contributed by atoms with E-state index in [4.69, 9.17) is 4.74 Å². The zero-order valence-electron chi connectivity index (χ0n) is 15.1. The topological polar surface area (TPSA) is 90.9 Å². The van der Waals surface area contributed by atoms with E-state index in [2.05, 4.69) is 10.6 Å². The molecule has 0 saturated carbocycles. The van der Waals surface area contributed by atoms with Crippen molar-refractivity contribution < 1.29 is 19.4 Å². The zero-order valence-corrected chi connectivity index (χ0v) is 15.9. The van der Waals surface area contributed by atoms with E-state index in [1.807, 2.05) is 37.3 Å². The second kappa shape index (κ2) is 8.98. The molecule has 1 saturated heterocycles. The molecule has 1 unspecified atom stereocenters. The standard InChI is InChI=1S/C19H23N3O4S/c1-13-2-7-17(27-13)19(25)21-11-16(23)10-20-14-3-5-15(6-4-14)22-8-9-26-12-18(22)24/h2-7,16,20,23H,8-12H2,1H3,(H,21,25). The number of carbonyl (C=O) groups excluding carboxylic acids is 2. The lowest BCUT2D eigenvalue weighted by molar-refractivity contribution is -0.125. The van der Waals surface area contributed by atoms with Gasteiger partial charge in [-0.25, -0.2) is 0 Å². The van der Waals surface area contributed by atoms with Gasteiger partial charge in [-0.1, -0.05) is 0 Å². The third-order valence-electron chi connectivity index (χ3n) is 4.17. The van der Waals surface area contributed by atoms with Crippen LogP contribution in [0.2, 0.25) is 0 Å². The Kier molecular flexibility index (Phi) is 6.44. The maximum absolute atomic E-state index is 12.0. The minimum atomic E-state index is -0.712. The van der Waals surface area contributed by atoms with Crippen molar-refractivity contribution in [1.29, 1.82) is 0 Å². The van der Waals surface area contributed by atoms with Gasteiger partial charge in [0.05, 0.1) is 17.6 Å². The zero-order chi connectivity index (χ0) is 19.2. The Labute approximate surface area is 161 Å². The Morgan fingerprint density at radius 2 is 2.04 bits per heavy atom. The summed E-state index contributed by atoms with van der Waals surface area (Å²) in [6, 6.07) is 11.1. The molecule has 0 spiro atoms. The lowest BCUT2D eigenvalue weighted by atomic mass is 10.2. The van der Waals surface area contributed by atoms with Crippen LogP contribution in [0.25, 0.3) is 0 Å². The molecule has 3 rings (SSSR count). The van der Waals surface area contributed by atoms with Crippen molar-refractivity contribution in [1.82, 2.24) is 5.32 Å². The van der Waals surface area contributed by atoms with E-state index >= 15 is 0 Å². The van der Waals surface area contributed by atoms with E-state index in [1.54, 1.807) is 11.0 Å². The fraction of sp³-hybridized carbons (Fsp3) is 0.368. The number of aliphatic hydroxyl groups is 1. The van der Waals surface area contributed by atoms with Gasteiger partial charge in [-0.2, -0.15) is 0 Å². The molecule has 27 heavy (non-hydrogen) atoms. The molecule has 2 amide bonds. The molecule has 0 aliphatic carbocycles. The Balaban J connectivity index is 1.44. The van der Waals surface area contributed by atoms with Crippen LogP contribution in [0, 0.1) is 6.92 Å². The fourth-order valence-corrected chi connectivity index (χ4v) is 3.50. The largest absolute Gasteiger partial charge is 0.389 e. The molecule has 1 aliphatic heterocycles. The van der Waals surface area contributed by atoms with Crippen LogP contribution in [0.3, 0.4) is 0 Å². The summed E-state index contributed by atoms with van der Waals surface area (Å²) in [5, 5.41) is 15.9. The summed E-state index contributed by atoms with van der Waals surface area (Å²) in [5.41, 5.74) is 1.66. The number of hydrogen-bond acceptors (Lipinski definition) is 6. The van der Waals surface area contributed by atoms with Crippen molar-refractivity contribution >= 4 is 34.5 Å². The monoisotopic (exact) mass is 389 g/mol. The summed E-state index contributed by atoms with van der Waals surface area (Å²) >= 11 is 1.43. The lowest BCUT2D eigenvalue weighted by Crippen LogP contribution is -2.41. The number of anilines is 2. The number of carbonyl (C=O) groups is 2. The molecule has 144 valence electrons. The number of thiophene rings is 1. The molecule has 0 radical (unpaired) electrons. The van der Waals surface area contributed by atoms with Gasteiger partial charge in [-0.3, -0.25) is 9.59 Å². The average molecular weight is 389 g/mol. The SMILES string of the molecule is Cc1ccc(C(=O)NCC(O)CNc2ccc(N3CCOCC3=O)cc2)s1. The number of aliphatic hydroxyl groups excluding tert-OH is 1. The van der Waals surface area contributed by atoms with Crippen molar-refractivity contribution in [3.05, 3.63) is 46.2 Å². The fourth-order valence-electron chi connectivity index (χ4n) is 2.71. The minimum absolute atomic E-state index is 0.0472. The first-order chi connectivity index (χ1) is 13.0. The number of amides is 2. The quantitative estimate of drug-likeness (QED) is 0.670. The second-order valence-corrected chi connectivity index (χ2v) is 7.59. The molecule has 1 aromatic heterocycles. The molecule has 1 fully saturated rings. The first-order valence-corrected chi connectivity index (χ1v) is 9.59. The predicted molar refractivity (Wildman–Crippen MR) is 105 cm³/mol. The number of morpholine rings is 1. The Morgan fingerprint density at radius 1 is 1.26 bits per heavy atom. The van der Waals surface area contributed by atoms with E-state index in [1.165, 1.54) is 11.3 Å². The van der Waals surface area contributed by atoms with Gasteiger partial charge >= 0.3 is 0 Å². The van der Waals surface area contributed by atoms with Crippen molar-refractivity contribution in [2.45, 2.75) is 13.0 Å². The molecular weight excluding hydrogens is 366 g/mol. The number of ether oxygens (including phenoxy) is 1. The highest BCUT2D eigenvalue weighted by atomic mass is 32.1. The number of rotatable bonds is 7. The smallest absolute Gasteiger partial charge is 0.261 e. The Hall–Kier alpha value is -2.42.